The Morgan fingerprint density at radius 1 is 1.42 bits per heavy atom. The van der Waals surface area contributed by atoms with Crippen LogP contribution in [-0.4, -0.2) is 40.5 Å². The van der Waals surface area contributed by atoms with Crippen molar-refractivity contribution in [3.8, 4) is 11.3 Å². The Bertz CT molecular complexity index is 1040. The van der Waals surface area contributed by atoms with Crippen LogP contribution in [0.1, 0.15) is 5.56 Å². The highest BCUT2D eigenvalue weighted by atomic mass is 32.2. The highest BCUT2D eigenvalue weighted by molar-refractivity contribution is 7.90. The molecule has 0 radical (unpaired) electrons. The molecule has 3 heterocycles. The second-order valence-electron chi connectivity index (χ2n) is 5.47. The quantitative estimate of drug-likeness (QED) is 0.683. The summed E-state index contributed by atoms with van der Waals surface area (Å²) in [7, 11) is -2.72. The smallest absolute Gasteiger partial charge is 0.407 e. The first-order chi connectivity index (χ1) is 12.3. The Morgan fingerprint density at radius 3 is 2.81 bits per heavy atom. The Balaban J connectivity index is 2.17. The lowest BCUT2D eigenvalue weighted by atomic mass is 10.2. The van der Waals surface area contributed by atoms with E-state index in [-0.39, 0.29) is 22.7 Å². The van der Waals surface area contributed by atoms with Gasteiger partial charge < -0.3 is 14.4 Å². The maximum absolute atomic E-state index is 14.1. The molecule has 0 atom stereocenters. The van der Waals surface area contributed by atoms with Crippen LogP contribution in [0.3, 0.4) is 0 Å². The number of hydrogen-bond acceptors (Lipinski definition) is 5. The van der Waals surface area contributed by atoms with Crippen LogP contribution < -0.4 is 0 Å². The molecule has 8 nitrogen and oxygen atoms in total. The van der Waals surface area contributed by atoms with Gasteiger partial charge in [0.1, 0.15) is 11.2 Å². The third kappa shape index (κ3) is 3.18. The van der Waals surface area contributed by atoms with E-state index in [4.69, 9.17) is 9.52 Å². The molecule has 1 amide bonds. The number of aromatic nitrogens is 2. The molecule has 1 N–H and O–H groups in total. The van der Waals surface area contributed by atoms with Crippen LogP contribution in [0.2, 0.25) is 0 Å². The van der Waals surface area contributed by atoms with Crippen molar-refractivity contribution < 1.29 is 27.1 Å². The van der Waals surface area contributed by atoms with E-state index in [1.807, 2.05) is 0 Å². The van der Waals surface area contributed by atoms with E-state index >= 15 is 0 Å². The van der Waals surface area contributed by atoms with Crippen molar-refractivity contribution in [3.05, 3.63) is 60.7 Å². The number of pyridine rings is 1. The van der Waals surface area contributed by atoms with Gasteiger partial charge in [0.05, 0.1) is 24.1 Å². The Morgan fingerprint density at radius 2 is 2.19 bits per heavy atom. The number of halogens is 1. The summed E-state index contributed by atoms with van der Waals surface area (Å²) < 4.78 is 45.6. The number of nitrogens with zero attached hydrogens (tertiary/aromatic N) is 3. The predicted octanol–water partition coefficient (Wildman–Crippen LogP) is 2.63. The summed E-state index contributed by atoms with van der Waals surface area (Å²) in [5, 5.41) is 9.01. The minimum atomic E-state index is -4.06. The third-order valence-electron chi connectivity index (χ3n) is 3.68. The Kier molecular flexibility index (Phi) is 4.51. The van der Waals surface area contributed by atoms with E-state index in [1.54, 1.807) is 0 Å². The van der Waals surface area contributed by atoms with Crippen molar-refractivity contribution in [2.24, 2.45) is 0 Å². The van der Waals surface area contributed by atoms with Gasteiger partial charge in [0.25, 0.3) is 10.0 Å². The largest absolute Gasteiger partial charge is 0.471 e. The molecule has 26 heavy (non-hydrogen) atoms. The first-order valence-electron chi connectivity index (χ1n) is 7.34. The lowest BCUT2D eigenvalue weighted by molar-refractivity contribution is 0.154. The number of furan rings is 1. The van der Waals surface area contributed by atoms with Crippen LogP contribution in [-0.2, 0) is 16.6 Å². The molecule has 3 aromatic heterocycles. The Labute approximate surface area is 148 Å². The van der Waals surface area contributed by atoms with Crippen LogP contribution in [0.25, 0.3) is 11.3 Å². The van der Waals surface area contributed by atoms with Crippen LogP contribution in [0.5, 0.6) is 0 Å². The van der Waals surface area contributed by atoms with Crippen LogP contribution in [0.15, 0.2) is 58.5 Å². The fraction of sp³-hybridized carbons (Fsp3) is 0.125. The second-order valence-corrected chi connectivity index (χ2v) is 7.29. The van der Waals surface area contributed by atoms with E-state index in [0.717, 1.165) is 15.1 Å². The van der Waals surface area contributed by atoms with Crippen molar-refractivity contribution in [1.29, 1.82) is 0 Å². The number of hydrogen-bond donors (Lipinski definition) is 1. The van der Waals surface area contributed by atoms with E-state index in [0.29, 0.717) is 5.56 Å². The summed E-state index contributed by atoms with van der Waals surface area (Å²) in [5.41, 5.74) is 0.384. The second kappa shape index (κ2) is 6.64. The number of carboxylic acid groups (broad SMARTS) is 1. The Hall–Kier alpha value is -3.14. The fourth-order valence-corrected chi connectivity index (χ4v) is 3.73. The van der Waals surface area contributed by atoms with E-state index in [1.165, 1.54) is 50.0 Å². The van der Waals surface area contributed by atoms with Crippen LogP contribution in [0, 0.1) is 5.95 Å². The molecule has 3 aromatic rings. The first kappa shape index (κ1) is 17.7. The maximum atomic E-state index is 14.1. The van der Waals surface area contributed by atoms with Gasteiger partial charge in [-0.1, -0.05) is 0 Å². The van der Waals surface area contributed by atoms with E-state index in [9.17, 15) is 17.6 Å². The van der Waals surface area contributed by atoms with Gasteiger partial charge in [-0.3, -0.25) is 0 Å². The monoisotopic (exact) mass is 379 g/mol. The summed E-state index contributed by atoms with van der Waals surface area (Å²) in [5.74, 6) is -0.840. The molecular formula is C16H14FN3O5S. The average Bonchev–Trinajstić information content (AvgIpc) is 3.25. The first-order valence-corrected chi connectivity index (χ1v) is 8.78. The molecule has 0 saturated heterocycles. The SMILES string of the molecule is CN(Cc1cc(-c2cccnc2F)n(S(=O)(=O)c2ccoc2)c1)C(=O)O. The molecule has 136 valence electrons. The van der Waals surface area contributed by atoms with Gasteiger partial charge in [0.2, 0.25) is 5.95 Å². The van der Waals surface area contributed by atoms with Crippen molar-refractivity contribution in [1.82, 2.24) is 13.9 Å². The third-order valence-corrected chi connectivity index (χ3v) is 5.32. The summed E-state index contributed by atoms with van der Waals surface area (Å²) in [4.78, 5) is 15.4. The van der Waals surface area contributed by atoms with Crippen molar-refractivity contribution in [3.63, 3.8) is 0 Å². The summed E-state index contributed by atoms with van der Waals surface area (Å²) in [6.45, 7) is -0.0713. The van der Waals surface area contributed by atoms with Crippen LogP contribution in [0.4, 0.5) is 9.18 Å². The predicted molar refractivity (Wildman–Crippen MR) is 88.4 cm³/mol. The van der Waals surface area contributed by atoms with Gasteiger partial charge in [-0.25, -0.2) is 22.2 Å². The lowest BCUT2D eigenvalue weighted by Gasteiger charge is -2.10. The zero-order valence-electron chi connectivity index (χ0n) is 13.5. The molecule has 0 saturated carbocycles. The number of rotatable bonds is 5. The van der Waals surface area contributed by atoms with Gasteiger partial charge in [-0.15, -0.1) is 0 Å². The molecule has 3 rings (SSSR count). The molecule has 0 aliphatic carbocycles. The van der Waals surface area contributed by atoms with Gasteiger partial charge in [-0.2, -0.15) is 4.39 Å². The number of amides is 1. The topological polar surface area (TPSA) is 106 Å². The van der Waals surface area contributed by atoms with E-state index in [2.05, 4.69) is 4.98 Å². The molecule has 10 heteroatoms. The minimum Gasteiger partial charge on any atom is -0.471 e. The van der Waals surface area contributed by atoms with Gasteiger partial charge in [0, 0.05) is 19.4 Å². The van der Waals surface area contributed by atoms with Gasteiger partial charge in [0.15, 0.2) is 0 Å². The molecular weight excluding hydrogens is 365 g/mol. The molecule has 0 spiro atoms. The van der Waals surface area contributed by atoms with Gasteiger partial charge in [-0.05, 0) is 29.8 Å². The zero-order chi connectivity index (χ0) is 18.9. The van der Waals surface area contributed by atoms with E-state index < -0.39 is 22.1 Å². The average molecular weight is 379 g/mol. The standard InChI is InChI=1S/C16H14FN3O5S/c1-19(16(21)22)8-11-7-14(13-3-2-5-18-15(13)17)20(9-11)26(23,24)12-4-6-25-10-12/h2-7,9-10H,8H2,1H3,(H,21,22). The lowest BCUT2D eigenvalue weighted by Crippen LogP contribution is -2.23. The summed E-state index contributed by atoms with van der Waals surface area (Å²) >= 11 is 0. The fourth-order valence-electron chi connectivity index (χ4n) is 2.41. The zero-order valence-corrected chi connectivity index (χ0v) is 14.4. The molecule has 0 bridgehead atoms. The molecule has 0 aliphatic rings. The summed E-state index contributed by atoms with van der Waals surface area (Å²) in [6, 6.07) is 5.55. The van der Waals surface area contributed by atoms with Crippen molar-refractivity contribution in [2.75, 3.05) is 7.05 Å². The molecule has 0 unspecified atom stereocenters. The highest BCUT2D eigenvalue weighted by Crippen LogP contribution is 2.29. The molecule has 0 fully saturated rings. The van der Waals surface area contributed by atoms with Crippen molar-refractivity contribution in [2.45, 2.75) is 11.4 Å². The van der Waals surface area contributed by atoms with Crippen LogP contribution >= 0.6 is 0 Å². The summed E-state index contributed by atoms with van der Waals surface area (Å²) in [6.07, 6.45) is 3.59. The molecule has 0 aliphatic heterocycles. The molecule has 0 aromatic carbocycles. The van der Waals surface area contributed by atoms with Crippen molar-refractivity contribution >= 4 is 16.1 Å². The number of carbonyl (C=O) groups is 1. The highest BCUT2D eigenvalue weighted by Gasteiger charge is 2.25. The normalized spacial score (nSPS) is 11.5. The maximum Gasteiger partial charge on any atom is 0.407 e. The van der Waals surface area contributed by atoms with Gasteiger partial charge >= 0.3 is 6.09 Å². The minimum absolute atomic E-state index is 0.0243.